The van der Waals surface area contributed by atoms with Crippen molar-refractivity contribution in [1.82, 2.24) is 0 Å². The number of primary amides is 2. The highest BCUT2D eigenvalue weighted by Crippen LogP contribution is 1.97. The Morgan fingerprint density at radius 3 is 2.14 bits per heavy atom. The molecule has 7 heteroatoms. The highest BCUT2D eigenvalue weighted by molar-refractivity contribution is 6.37. The van der Waals surface area contributed by atoms with Gasteiger partial charge in [0.05, 0.1) is 24.1 Å². The molecule has 7 nitrogen and oxygen atoms in total. The summed E-state index contributed by atoms with van der Waals surface area (Å²) in [7, 11) is 0. The molecule has 0 saturated heterocycles. The van der Waals surface area contributed by atoms with E-state index in [0.29, 0.717) is 0 Å². The van der Waals surface area contributed by atoms with E-state index in [0.717, 1.165) is 0 Å². The van der Waals surface area contributed by atoms with Crippen molar-refractivity contribution in [1.29, 1.82) is 0 Å². The average Bonchev–Trinajstić information content (AvgIpc) is 2.01. The summed E-state index contributed by atoms with van der Waals surface area (Å²) in [6.45, 7) is 1.24. The quantitative estimate of drug-likeness (QED) is 0.454. The van der Waals surface area contributed by atoms with Crippen molar-refractivity contribution in [2.24, 2.45) is 16.5 Å². The molecule has 78 valence electrons. The molecule has 0 aliphatic rings. The van der Waals surface area contributed by atoms with Crippen molar-refractivity contribution in [2.75, 3.05) is 0 Å². The number of aliphatic imine (C=N–C) groups is 1. The van der Waals surface area contributed by atoms with Gasteiger partial charge >= 0.3 is 0 Å². The van der Waals surface area contributed by atoms with Gasteiger partial charge in [0.25, 0.3) is 5.91 Å². The molecule has 1 unspecified atom stereocenters. The van der Waals surface area contributed by atoms with Crippen LogP contribution in [0.5, 0.6) is 0 Å². The van der Waals surface area contributed by atoms with Crippen LogP contribution in [0.2, 0.25) is 0 Å². The lowest BCUT2D eigenvalue weighted by Gasteiger charge is -2.11. The Labute approximate surface area is 79.8 Å². The Bertz CT molecular complexity index is 297. The van der Waals surface area contributed by atoms with Crippen molar-refractivity contribution < 1.29 is 19.5 Å². The predicted molar refractivity (Wildman–Crippen MR) is 44.9 cm³/mol. The summed E-state index contributed by atoms with van der Waals surface area (Å²) in [4.78, 5) is 34.7. The zero-order chi connectivity index (χ0) is 11.3. The summed E-state index contributed by atoms with van der Waals surface area (Å²) >= 11 is 0. The molecule has 0 heterocycles. The van der Waals surface area contributed by atoms with E-state index in [1.807, 2.05) is 0 Å². The summed E-state index contributed by atoms with van der Waals surface area (Å²) < 4.78 is 0. The summed E-state index contributed by atoms with van der Waals surface area (Å²) in [5.41, 5.74) is 9.39. The van der Waals surface area contributed by atoms with Crippen LogP contribution in [0.3, 0.4) is 0 Å². The SMILES string of the molecule is CC(=NC(CC(N)=O)C(=O)[O-])C(N)=O. The van der Waals surface area contributed by atoms with Crippen LogP contribution in [0.4, 0.5) is 0 Å². The number of nitrogens with zero attached hydrogens (tertiary/aromatic N) is 1. The number of carbonyl (C=O) groups is 3. The normalized spacial score (nSPS) is 13.4. The van der Waals surface area contributed by atoms with Crippen molar-refractivity contribution in [2.45, 2.75) is 19.4 Å². The van der Waals surface area contributed by atoms with Gasteiger partial charge in [-0.05, 0) is 6.92 Å². The molecule has 0 aromatic carbocycles. The molecule has 0 saturated carbocycles. The fourth-order valence-electron chi connectivity index (χ4n) is 0.670. The van der Waals surface area contributed by atoms with Gasteiger partial charge in [0.2, 0.25) is 5.91 Å². The highest BCUT2D eigenvalue weighted by atomic mass is 16.4. The molecule has 0 rings (SSSR count). The molecule has 0 aromatic rings. The van der Waals surface area contributed by atoms with Gasteiger partial charge in [0, 0.05) is 0 Å². The first-order valence-electron chi connectivity index (χ1n) is 3.68. The third kappa shape index (κ3) is 4.19. The largest absolute Gasteiger partial charge is 0.548 e. The topological polar surface area (TPSA) is 139 Å². The first-order chi connectivity index (χ1) is 6.34. The van der Waals surface area contributed by atoms with Gasteiger partial charge in [-0.25, -0.2) is 0 Å². The third-order valence-corrected chi connectivity index (χ3v) is 1.37. The number of aliphatic carboxylic acids is 1. The van der Waals surface area contributed by atoms with Gasteiger partial charge in [-0.15, -0.1) is 0 Å². The number of carbonyl (C=O) groups excluding carboxylic acids is 3. The van der Waals surface area contributed by atoms with Crippen LogP contribution in [0.25, 0.3) is 0 Å². The van der Waals surface area contributed by atoms with Gasteiger partial charge < -0.3 is 21.4 Å². The lowest BCUT2D eigenvalue weighted by molar-refractivity contribution is -0.307. The van der Waals surface area contributed by atoms with E-state index in [1.165, 1.54) is 6.92 Å². The van der Waals surface area contributed by atoms with Gasteiger partial charge in [-0.2, -0.15) is 0 Å². The standard InChI is InChI=1S/C7H11N3O4/c1-3(6(9)12)10-4(7(13)14)2-5(8)11/h4H,2H2,1H3,(H2,8,11)(H2,9,12)(H,13,14)/p-1. The van der Waals surface area contributed by atoms with E-state index in [2.05, 4.69) is 4.99 Å². The van der Waals surface area contributed by atoms with Crippen molar-refractivity contribution in [3.8, 4) is 0 Å². The van der Waals surface area contributed by atoms with E-state index in [4.69, 9.17) is 11.5 Å². The zero-order valence-corrected chi connectivity index (χ0v) is 7.52. The minimum absolute atomic E-state index is 0.194. The highest BCUT2D eigenvalue weighted by Gasteiger charge is 2.13. The predicted octanol–water partition coefficient (Wildman–Crippen LogP) is -3.07. The average molecular weight is 200 g/mol. The van der Waals surface area contributed by atoms with Crippen LogP contribution in [0.15, 0.2) is 4.99 Å². The number of amides is 2. The molecule has 0 spiro atoms. The summed E-state index contributed by atoms with van der Waals surface area (Å²) in [5, 5.41) is 10.4. The molecule has 2 amide bonds. The van der Waals surface area contributed by atoms with Crippen LogP contribution in [0, 0.1) is 0 Å². The smallest absolute Gasteiger partial charge is 0.262 e. The molecule has 1 atom stereocenters. The Morgan fingerprint density at radius 2 is 1.86 bits per heavy atom. The first kappa shape index (κ1) is 12.1. The summed E-state index contributed by atoms with van der Waals surface area (Å²) in [6, 6.07) is -1.46. The Morgan fingerprint density at radius 1 is 1.36 bits per heavy atom. The lowest BCUT2D eigenvalue weighted by atomic mass is 10.2. The number of nitrogens with two attached hydrogens (primary N) is 2. The fraction of sp³-hybridized carbons (Fsp3) is 0.429. The van der Waals surface area contributed by atoms with Crippen LogP contribution in [-0.4, -0.2) is 29.5 Å². The number of carboxylic acids is 1. The monoisotopic (exact) mass is 200 g/mol. The van der Waals surface area contributed by atoms with E-state index in [-0.39, 0.29) is 5.71 Å². The van der Waals surface area contributed by atoms with Crippen LogP contribution >= 0.6 is 0 Å². The van der Waals surface area contributed by atoms with Crippen LogP contribution in [-0.2, 0) is 14.4 Å². The number of hydrogen-bond acceptors (Lipinski definition) is 5. The van der Waals surface area contributed by atoms with E-state index in [1.54, 1.807) is 0 Å². The molecule has 14 heavy (non-hydrogen) atoms. The second kappa shape index (κ2) is 4.95. The Kier molecular flexibility index (Phi) is 4.27. The molecular formula is C7H10N3O4-. The number of hydrogen-bond donors (Lipinski definition) is 2. The molecule has 0 aromatic heterocycles. The number of rotatable bonds is 5. The molecule has 0 aliphatic heterocycles. The lowest BCUT2D eigenvalue weighted by Crippen LogP contribution is -2.38. The first-order valence-corrected chi connectivity index (χ1v) is 3.68. The third-order valence-electron chi connectivity index (χ3n) is 1.37. The number of carboxylic acid groups (broad SMARTS) is 1. The van der Waals surface area contributed by atoms with Gasteiger partial charge in [0.15, 0.2) is 0 Å². The molecule has 0 aliphatic carbocycles. The maximum Gasteiger partial charge on any atom is 0.262 e. The van der Waals surface area contributed by atoms with Crippen molar-refractivity contribution in [3.63, 3.8) is 0 Å². The van der Waals surface area contributed by atoms with Crippen LogP contribution in [0.1, 0.15) is 13.3 Å². The maximum absolute atomic E-state index is 10.5. The summed E-state index contributed by atoms with van der Waals surface area (Å²) in [5.74, 6) is -3.29. The second-order valence-electron chi connectivity index (χ2n) is 2.58. The van der Waals surface area contributed by atoms with Crippen LogP contribution < -0.4 is 16.6 Å². The van der Waals surface area contributed by atoms with Gasteiger partial charge in [0.1, 0.15) is 0 Å². The molecule has 4 N–H and O–H groups in total. The molecular weight excluding hydrogens is 190 g/mol. The minimum atomic E-state index is -1.58. The summed E-state index contributed by atoms with van der Waals surface area (Å²) in [6.07, 6.45) is -0.521. The minimum Gasteiger partial charge on any atom is -0.548 e. The van der Waals surface area contributed by atoms with Crippen molar-refractivity contribution in [3.05, 3.63) is 0 Å². The van der Waals surface area contributed by atoms with E-state index < -0.39 is 30.2 Å². The Balaban J connectivity index is 4.68. The molecule has 0 radical (unpaired) electrons. The molecule has 0 fully saturated rings. The van der Waals surface area contributed by atoms with Gasteiger partial charge in [-0.3, -0.25) is 14.6 Å². The maximum atomic E-state index is 10.5. The van der Waals surface area contributed by atoms with Crippen molar-refractivity contribution >= 4 is 23.5 Å². The van der Waals surface area contributed by atoms with Gasteiger partial charge in [-0.1, -0.05) is 0 Å². The molecule has 0 bridgehead atoms. The fourth-order valence-corrected chi connectivity index (χ4v) is 0.670. The zero-order valence-electron chi connectivity index (χ0n) is 7.52. The van der Waals surface area contributed by atoms with E-state index >= 15 is 0 Å². The second-order valence-corrected chi connectivity index (χ2v) is 2.58. The van der Waals surface area contributed by atoms with E-state index in [9.17, 15) is 19.5 Å². The Hall–Kier alpha value is -1.92.